The fourth-order valence-corrected chi connectivity index (χ4v) is 4.29. The van der Waals surface area contributed by atoms with Crippen LogP contribution in [0, 0.1) is 0 Å². The van der Waals surface area contributed by atoms with Gasteiger partial charge in [-0.2, -0.15) is 4.98 Å². The Labute approximate surface area is 213 Å². The summed E-state index contributed by atoms with van der Waals surface area (Å²) < 4.78 is 17.9. The van der Waals surface area contributed by atoms with Gasteiger partial charge in [-0.25, -0.2) is 4.68 Å². The third kappa shape index (κ3) is 4.44. The van der Waals surface area contributed by atoms with Crippen LogP contribution in [0.3, 0.4) is 0 Å². The number of nitrogens with zero attached hydrogens (tertiary/aromatic N) is 4. The first-order valence-corrected chi connectivity index (χ1v) is 11.6. The number of methoxy groups -OCH3 is 3. The molecule has 10 nitrogen and oxygen atoms in total. The molecule has 1 aliphatic heterocycles. The Hall–Kier alpha value is -4.86. The van der Waals surface area contributed by atoms with E-state index < -0.39 is 6.04 Å². The SMILES string of the molecule is COc1ccccc1NC(=O)C1=C(C)Nc2nc(-c3ccc(OC)c(OC)c3)nn2[C@H]1c1ccccn1. The van der Waals surface area contributed by atoms with Crippen molar-refractivity contribution < 1.29 is 19.0 Å². The van der Waals surface area contributed by atoms with Gasteiger partial charge in [-0.1, -0.05) is 18.2 Å². The van der Waals surface area contributed by atoms with Crippen molar-refractivity contribution in [3.63, 3.8) is 0 Å². The first-order chi connectivity index (χ1) is 18.0. The fraction of sp³-hybridized carbons (Fsp3) is 0.185. The summed E-state index contributed by atoms with van der Waals surface area (Å²) in [5, 5.41) is 11.0. The van der Waals surface area contributed by atoms with E-state index >= 15 is 0 Å². The molecule has 0 unspecified atom stereocenters. The highest BCUT2D eigenvalue weighted by atomic mass is 16.5. The smallest absolute Gasteiger partial charge is 0.256 e. The van der Waals surface area contributed by atoms with Crippen LogP contribution in [-0.4, -0.2) is 47.0 Å². The van der Waals surface area contributed by atoms with E-state index in [0.717, 1.165) is 5.56 Å². The maximum absolute atomic E-state index is 13.7. The number of amides is 1. The molecular formula is C27H26N6O4. The zero-order valence-corrected chi connectivity index (χ0v) is 20.9. The number of nitrogens with one attached hydrogen (secondary N) is 2. The van der Waals surface area contributed by atoms with Gasteiger partial charge in [0.15, 0.2) is 17.3 Å². The van der Waals surface area contributed by atoms with Crippen molar-refractivity contribution in [3.8, 4) is 28.6 Å². The van der Waals surface area contributed by atoms with Crippen molar-refractivity contribution in [2.45, 2.75) is 13.0 Å². The van der Waals surface area contributed by atoms with Crippen molar-refractivity contribution in [3.05, 3.63) is 83.8 Å². The highest BCUT2D eigenvalue weighted by molar-refractivity contribution is 6.06. The monoisotopic (exact) mass is 498 g/mol. The molecule has 2 N–H and O–H groups in total. The molecule has 2 aromatic carbocycles. The van der Waals surface area contributed by atoms with Crippen LogP contribution in [0.25, 0.3) is 11.4 Å². The van der Waals surface area contributed by atoms with Gasteiger partial charge in [0, 0.05) is 17.5 Å². The Balaban J connectivity index is 1.58. The minimum Gasteiger partial charge on any atom is -0.495 e. The average Bonchev–Trinajstić information content (AvgIpc) is 3.36. The summed E-state index contributed by atoms with van der Waals surface area (Å²) in [5.74, 6) is 2.37. The second-order valence-electron chi connectivity index (χ2n) is 8.25. The van der Waals surface area contributed by atoms with Gasteiger partial charge < -0.3 is 24.8 Å². The summed E-state index contributed by atoms with van der Waals surface area (Å²) in [5.41, 5.74) is 3.05. The zero-order valence-electron chi connectivity index (χ0n) is 20.9. The van der Waals surface area contributed by atoms with Crippen molar-refractivity contribution in [2.75, 3.05) is 32.0 Å². The zero-order chi connectivity index (χ0) is 25.9. The van der Waals surface area contributed by atoms with Gasteiger partial charge >= 0.3 is 0 Å². The van der Waals surface area contributed by atoms with E-state index in [2.05, 4.69) is 15.6 Å². The predicted molar refractivity (Wildman–Crippen MR) is 139 cm³/mol. The number of ether oxygens (including phenoxy) is 3. The van der Waals surface area contributed by atoms with Crippen molar-refractivity contribution in [1.29, 1.82) is 0 Å². The topological polar surface area (TPSA) is 112 Å². The number of carbonyl (C=O) groups excluding carboxylic acids is 1. The molecule has 0 fully saturated rings. The number of para-hydroxylation sites is 2. The van der Waals surface area contributed by atoms with Crippen LogP contribution >= 0.6 is 0 Å². The van der Waals surface area contributed by atoms with Crippen molar-refractivity contribution in [2.24, 2.45) is 0 Å². The standard InChI is InChI=1S/C27H26N6O4/c1-16-23(26(34)30-18-9-5-6-11-20(18)35-2)24(19-10-7-8-14-28-19)33-27(29-16)31-25(32-33)17-12-13-21(36-3)22(15-17)37-4/h5-15,24H,1-4H3,(H,30,34)(H,29,31,32)/t24-/m0/s1. The lowest BCUT2D eigenvalue weighted by atomic mass is 9.98. The molecule has 0 aliphatic carbocycles. The Morgan fingerprint density at radius 1 is 0.946 bits per heavy atom. The number of hydrogen-bond acceptors (Lipinski definition) is 8. The molecule has 10 heteroatoms. The number of carbonyl (C=O) groups is 1. The molecule has 1 amide bonds. The number of rotatable bonds is 7. The first kappa shape index (κ1) is 23.9. The molecule has 0 saturated heterocycles. The summed E-state index contributed by atoms with van der Waals surface area (Å²) in [4.78, 5) is 22.9. The maximum Gasteiger partial charge on any atom is 0.256 e. The average molecular weight is 499 g/mol. The highest BCUT2D eigenvalue weighted by Gasteiger charge is 2.35. The van der Waals surface area contributed by atoms with E-state index in [-0.39, 0.29) is 5.91 Å². The van der Waals surface area contributed by atoms with Crippen LogP contribution in [0.15, 0.2) is 78.1 Å². The first-order valence-electron chi connectivity index (χ1n) is 11.6. The minimum atomic E-state index is -0.617. The predicted octanol–water partition coefficient (Wildman–Crippen LogP) is 4.29. The summed E-state index contributed by atoms with van der Waals surface area (Å²) >= 11 is 0. The molecule has 4 aromatic rings. The van der Waals surface area contributed by atoms with Crippen LogP contribution < -0.4 is 24.8 Å². The third-order valence-electron chi connectivity index (χ3n) is 6.06. The molecule has 0 saturated carbocycles. The molecule has 0 radical (unpaired) electrons. The number of aromatic nitrogens is 4. The van der Waals surface area contributed by atoms with Gasteiger partial charge in [0.05, 0.1) is 38.3 Å². The van der Waals surface area contributed by atoms with E-state index in [1.54, 1.807) is 50.4 Å². The van der Waals surface area contributed by atoms with Gasteiger partial charge in [0.25, 0.3) is 5.91 Å². The van der Waals surface area contributed by atoms with Crippen LogP contribution in [0.4, 0.5) is 11.6 Å². The summed E-state index contributed by atoms with van der Waals surface area (Å²) in [6.07, 6.45) is 1.69. The van der Waals surface area contributed by atoms with Gasteiger partial charge in [0.1, 0.15) is 11.8 Å². The molecule has 1 aliphatic rings. The van der Waals surface area contributed by atoms with Gasteiger partial charge in [-0.05, 0) is 49.4 Å². The van der Waals surface area contributed by atoms with E-state index in [4.69, 9.17) is 24.3 Å². The summed E-state index contributed by atoms with van der Waals surface area (Å²) in [6, 6.07) is 17.7. The normalized spacial score (nSPS) is 14.4. The minimum absolute atomic E-state index is 0.307. The van der Waals surface area contributed by atoms with E-state index in [0.29, 0.717) is 51.7 Å². The maximum atomic E-state index is 13.7. The fourth-order valence-electron chi connectivity index (χ4n) is 4.29. The molecule has 3 heterocycles. The number of fused-ring (bicyclic) bond motifs is 1. The number of benzene rings is 2. The largest absolute Gasteiger partial charge is 0.495 e. The molecule has 188 valence electrons. The van der Waals surface area contributed by atoms with Gasteiger partial charge in [0.2, 0.25) is 5.95 Å². The van der Waals surface area contributed by atoms with Crippen LogP contribution in [0.2, 0.25) is 0 Å². The van der Waals surface area contributed by atoms with E-state index in [9.17, 15) is 4.79 Å². The Kier molecular flexibility index (Phi) is 6.46. The van der Waals surface area contributed by atoms with Gasteiger partial charge in [-0.15, -0.1) is 5.10 Å². The van der Waals surface area contributed by atoms with E-state index in [1.165, 1.54) is 0 Å². The molecule has 0 bridgehead atoms. The number of anilines is 2. The van der Waals surface area contributed by atoms with E-state index in [1.807, 2.05) is 49.4 Å². The summed E-state index contributed by atoms with van der Waals surface area (Å²) in [6.45, 7) is 1.83. The molecule has 1 atom stereocenters. The Bertz CT molecular complexity index is 1480. The second kappa shape index (κ2) is 10.0. The van der Waals surface area contributed by atoms with Crippen LogP contribution in [0.5, 0.6) is 17.2 Å². The quantitative estimate of drug-likeness (QED) is 0.388. The lowest BCUT2D eigenvalue weighted by molar-refractivity contribution is -0.113. The Morgan fingerprint density at radius 3 is 2.43 bits per heavy atom. The molecular weight excluding hydrogens is 472 g/mol. The number of hydrogen-bond donors (Lipinski definition) is 2. The van der Waals surface area contributed by atoms with Crippen LogP contribution in [0.1, 0.15) is 18.7 Å². The van der Waals surface area contributed by atoms with Crippen molar-refractivity contribution in [1.82, 2.24) is 19.7 Å². The summed E-state index contributed by atoms with van der Waals surface area (Å²) in [7, 11) is 4.72. The lowest BCUT2D eigenvalue weighted by Crippen LogP contribution is -2.32. The third-order valence-corrected chi connectivity index (χ3v) is 6.06. The number of allylic oxidation sites excluding steroid dienone is 1. The molecule has 37 heavy (non-hydrogen) atoms. The molecule has 5 rings (SSSR count). The molecule has 2 aromatic heterocycles. The highest BCUT2D eigenvalue weighted by Crippen LogP contribution is 2.38. The lowest BCUT2D eigenvalue weighted by Gasteiger charge is -2.28. The Morgan fingerprint density at radius 2 is 1.70 bits per heavy atom. The van der Waals surface area contributed by atoms with Crippen LogP contribution in [-0.2, 0) is 4.79 Å². The van der Waals surface area contributed by atoms with Crippen molar-refractivity contribution >= 4 is 17.5 Å². The number of pyridine rings is 1. The molecule has 0 spiro atoms. The second-order valence-corrected chi connectivity index (χ2v) is 8.25. The van der Waals surface area contributed by atoms with Gasteiger partial charge in [-0.3, -0.25) is 9.78 Å².